The second-order valence-electron chi connectivity index (χ2n) is 4.79. The molecule has 0 spiro atoms. The Hall–Kier alpha value is -2.34. The number of hydrazone groups is 1. The van der Waals surface area contributed by atoms with Crippen molar-refractivity contribution in [1.29, 1.82) is 0 Å². The fourth-order valence-corrected chi connectivity index (χ4v) is 2.18. The quantitative estimate of drug-likeness (QED) is 0.600. The van der Waals surface area contributed by atoms with E-state index in [1.54, 1.807) is 12.1 Å². The van der Waals surface area contributed by atoms with E-state index in [1.165, 1.54) is 17.8 Å². The number of nitrogens with one attached hydrogen (secondary N) is 1. The Kier molecular flexibility index (Phi) is 6.17. The Labute approximate surface area is 143 Å². The molecule has 2 aromatic carbocycles. The molecular weight excluding hydrogens is 360 g/mol. The Morgan fingerprint density at radius 3 is 2.70 bits per heavy atom. The summed E-state index contributed by atoms with van der Waals surface area (Å²) >= 11 is 3.21. The predicted molar refractivity (Wildman–Crippen MR) is 92.9 cm³/mol. The van der Waals surface area contributed by atoms with E-state index in [0.717, 1.165) is 12.0 Å². The monoisotopic (exact) mass is 376 g/mol. The van der Waals surface area contributed by atoms with Gasteiger partial charge in [-0.15, -0.1) is 0 Å². The molecule has 1 amide bonds. The van der Waals surface area contributed by atoms with Gasteiger partial charge in [0.15, 0.2) is 6.61 Å². The normalized spacial score (nSPS) is 10.7. The molecule has 0 saturated heterocycles. The molecule has 0 bridgehead atoms. The topological polar surface area (TPSA) is 70.9 Å². The number of carbonyl (C=O) groups excluding carboxylic acids is 1. The molecule has 0 heterocycles. The van der Waals surface area contributed by atoms with Crippen molar-refractivity contribution in [1.82, 2.24) is 5.43 Å². The van der Waals surface area contributed by atoms with Gasteiger partial charge in [0, 0.05) is 0 Å². The molecule has 0 unspecified atom stereocenters. The lowest BCUT2D eigenvalue weighted by Crippen LogP contribution is -2.24. The van der Waals surface area contributed by atoms with Crippen LogP contribution in [-0.2, 0) is 11.2 Å². The number of nitrogens with zero attached hydrogens (tertiary/aromatic N) is 1. The van der Waals surface area contributed by atoms with Crippen molar-refractivity contribution in [3.05, 3.63) is 58.1 Å². The summed E-state index contributed by atoms with van der Waals surface area (Å²) in [5, 5.41) is 13.2. The highest BCUT2D eigenvalue weighted by atomic mass is 79.9. The third-order valence-corrected chi connectivity index (χ3v) is 3.71. The lowest BCUT2D eigenvalue weighted by atomic mass is 10.2. The van der Waals surface area contributed by atoms with Crippen LogP contribution in [0, 0.1) is 0 Å². The van der Waals surface area contributed by atoms with Crippen molar-refractivity contribution in [2.24, 2.45) is 5.10 Å². The van der Waals surface area contributed by atoms with E-state index in [2.05, 4.69) is 33.4 Å². The molecular formula is C17H17BrN2O3. The first kappa shape index (κ1) is 17.0. The van der Waals surface area contributed by atoms with E-state index < -0.39 is 0 Å². The number of aryl methyl sites for hydroxylation is 1. The van der Waals surface area contributed by atoms with Gasteiger partial charge in [-0.05, 0) is 63.8 Å². The molecule has 0 aliphatic heterocycles. The molecule has 0 radical (unpaired) electrons. The zero-order valence-corrected chi connectivity index (χ0v) is 14.2. The van der Waals surface area contributed by atoms with E-state index >= 15 is 0 Å². The summed E-state index contributed by atoms with van der Waals surface area (Å²) in [5.74, 6) is 0.441. The van der Waals surface area contributed by atoms with Gasteiger partial charge in [0.2, 0.25) is 0 Å². The zero-order chi connectivity index (χ0) is 16.7. The number of amides is 1. The maximum absolute atomic E-state index is 11.7. The van der Waals surface area contributed by atoms with Crippen molar-refractivity contribution >= 4 is 28.1 Å². The van der Waals surface area contributed by atoms with Crippen LogP contribution in [0.5, 0.6) is 11.5 Å². The lowest BCUT2D eigenvalue weighted by molar-refractivity contribution is -0.123. The minimum atomic E-state index is -0.348. The van der Waals surface area contributed by atoms with Gasteiger partial charge in [-0.1, -0.05) is 19.1 Å². The van der Waals surface area contributed by atoms with E-state index in [9.17, 15) is 9.90 Å². The Balaban J connectivity index is 1.79. The van der Waals surface area contributed by atoms with Crippen molar-refractivity contribution < 1.29 is 14.6 Å². The zero-order valence-electron chi connectivity index (χ0n) is 12.6. The number of aromatic hydroxyl groups is 1. The summed E-state index contributed by atoms with van der Waals surface area (Å²) in [6.45, 7) is 1.97. The summed E-state index contributed by atoms with van der Waals surface area (Å²) in [7, 11) is 0. The molecule has 0 saturated carbocycles. The Bertz CT molecular complexity index is 699. The van der Waals surface area contributed by atoms with Gasteiger partial charge >= 0.3 is 0 Å². The summed E-state index contributed by atoms with van der Waals surface area (Å²) in [6.07, 6.45) is 2.45. The van der Waals surface area contributed by atoms with Crippen LogP contribution in [0.3, 0.4) is 0 Å². The highest BCUT2D eigenvalue weighted by molar-refractivity contribution is 9.10. The molecule has 2 rings (SSSR count). The maximum atomic E-state index is 11.7. The highest BCUT2D eigenvalue weighted by Gasteiger charge is 2.02. The summed E-state index contributed by atoms with van der Waals surface area (Å²) in [5.41, 5.74) is 4.34. The van der Waals surface area contributed by atoms with Crippen LogP contribution in [-0.4, -0.2) is 23.8 Å². The molecule has 0 aliphatic carbocycles. The summed E-state index contributed by atoms with van der Waals surface area (Å²) in [6, 6.07) is 12.5. The smallest absolute Gasteiger partial charge is 0.277 e. The first-order chi connectivity index (χ1) is 11.1. The van der Waals surface area contributed by atoms with Gasteiger partial charge in [-0.2, -0.15) is 5.10 Å². The fourth-order valence-electron chi connectivity index (χ4n) is 1.78. The number of hydrogen-bond acceptors (Lipinski definition) is 4. The largest absolute Gasteiger partial charge is 0.507 e. The standard InChI is InChI=1S/C17H17BrN2O3/c1-2-12-3-6-14(7-4-12)23-11-17(22)20-19-10-13-5-8-16(21)15(18)9-13/h3-10,21H,2,11H2,1H3,(H,20,22)/b19-10+. The van der Waals surface area contributed by atoms with Gasteiger partial charge in [-0.3, -0.25) is 4.79 Å². The van der Waals surface area contributed by atoms with Crippen LogP contribution < -0.4 is 10.2 Å². The van der Waals surface area contributed by atoms with E-state index in [0.29, 0.717) is 10.2 Å². The van der Waals surface area contributed by atoms with Gasteiger partial charge in [0.1, 0.15) is 11.5 Å². The Morgan fingerprint density at radius 2 is 2.04 bits per heavy atom. The van der Waals surface area contributed by atoms with Crippen LogP contribution in [0.4, 0.5) is 0 Å². The van der Waals surface area contributed by atoms with E-state index in [1.807, 2.05) is 24.3 Å². The van der Waals surface area contributed by atoms with Crippen molar-refractivity contribution in [2.75, 3.05) is 6.61 Å². The SMILES string of the molecule is CCc1ccc(OCC(=O)N/N=C/c2ccc(O)c(Br)c2)cc1. The van der Waals surface area contributed by atoms with Crippen LogP contribution in [0.25, 0.3) is 0 Å². The highest BCUT2D eigenvalue weighted by Crippen LogP contribution is 2.23. The van der Waals surface area contributed by atoms with Gasteiger partial charge in [-0.25, -0.2) is 5.43 Å². The molecule has 0 aromatic heterocycles. The van der Waals surface area contributed by atoms with Gasteiger partial charge in [0.05, 0.1) is 10.7 Å². The number of halogens is 1. The van der Waals surface area contributed by atoms with Crippen molar-refractivity contribution in [3.63, 3.8) is 0 Å². The minimum absolute atomic E-state index is 0.109. The number of rotatable bonds is 6. The molecule has 0 atom stereocenters. The third-order valence-electron chi connectivity index (χ3n) is 3.08. The molecule has 0 aliphatic rings. The summed E-state index contributed by atoms with van der Waals surface area (Å²) in [4.78, 5) is 11.7. The van der Waals surface area contributed by atoms with E-state index in [4.69, 9.17) is 4.74 Å². The molecule has 2 N–H and O–H groups in total. The number of ether oxygens (including phenoxy) is 1. The number of carbonyl (C=O) groups is 1. The number of phenols is 1. The third kappa shape index (κ3) is 5.41. The van der Waals surface area contributed by atoms with E-state index in [-0.39, 0.29) is 18.3 Å². The van der Waals surface area contributed by atoms with Gasteiger partial charge in [0.25, 0.3) is 5.91 Å². The predicted octanol–water partition coefficient (Wildman–Crippen LogP) is 3.25. The molecule has 23 heavy (non-hydrogen) atoms. The average molecular weight is 377 g/mol. The second-order valence-corrected chi connectivity index (χ2v) is 5.64. The molecule has 5 nitrogen and oxygen atoms in total. The fraction of sp³-hybridized carbons (Fsp3) is 0.176. The summed E-state index contributed by atoms with van der Waals surface area (Å²) < 4.78 is 5.94. The molecule has 6 heteroatoms. The number of phenolic OH excluding ortho intramolecular Hbond substituents is 1. The Morgan fingerprint density at radius 1 is 1.30 bits per heavy atom. The lowest BCUT2D eigenvalue weighted by Gasteiger charge is -2.05. The maximum Gasteiger partial charge on any atom is 0.277 e. The second kappa shape index (κ2) is 8.33. The number of hydrogen-bond donors (Lipinski definition) is 2. The van der Waals surface area contributed by atoms with Crippen LogP contribution in [0.1, 0.15) is 18.1 Å². The molecule has 0 fully saturated rings. The number of benzene rings is 2. The van der Waals surface area contributed by atoms with Crippen LogP contribution in [0.2, 0.25) is 0 Å². The minimum Gasteiger partial charge on any atom is -0.507 e. The van der Waals surface area contributed by atoms with Crippen LogP contribution in [0.15, 0.2) is 52.0 Å². The first-order valence-corrected chi connectivity index (χ1v) is 7.90. The molecule has 120 valence electrons. The first-order valence-electron chi connectivity index (χ1n) is 7.10. The van der Waals surface area contributed by atoms with Gasteiger partial charge < -0.3 is 9.84 Å². The van der Waals surface area contributed by atoms with Crippen molar-refractivity contribution in [3.8, 4) is 11.5 Å². The average Bonchev–Trinajstić information content (AvgIpc) is 2.56. The molecule has 2 aromatic rings. The van der Waals surface area contributed by atoms with Crippen molar-refractivity contribution in [2.45, 2.75) is 13.3 Å². The van der Waals surface area contributed by atoms with Crippen LogP contribution >= 0.6 is 15.9 Å².